The van der Waals surface area contributed by atoms with Crippen molar-refractivity contribution in [2.24, 2.45) is 23.7 Å². The molecular formula is C28H41ClN2O3. The van der Waals surface area contributed by atoms with Crippen LogP contribution in [0.25, 0.3) is 0 Å². The lowest BCUT2D eigenvalue weighted by Crippen LogP contribution is -2.56. The van der Waals surface area contributed by atoms with Crippen LogP contribution in [0.4, 0.5) is 5.69 Å². The third-order valence-electron chi connectivity index (χ3n) is 8.77. The number of esters is 1. The van der Waals surface area contributed by atoms with E-state index in [2.05, 4.69) is 47.9 Å². The summed E-state index contributed by atoms with van der Waals surface area (Å²) in [6.07, 6.45) is 4.59. The van der Waals surface area contributed by atoms with Crippen LogP contribution in [0.2, 0.25) is 5.02 Å². The predicted octanol–water partition coefficient (Wildman–Crippen LogP) is 5.08. The Morgan fingerprint density at radius 3 is 2.59 bits per heavy atom. The first-order valence-corrected chi connectivity index (χ1v) is 13.3. The molecule has 34 heavy (non-hydrogen) atoms. The van der Waals surface area contributed by atoms with E-state index in [-0.39, 0.29) is 23.9 Å². The summed E-state index contributed by atoms with van der Waals surface area (Å²) in [6.45, 7) is 15.2. The van der Waals surface area contributed by atoms with E-state index in [1.807, 2.05) is 13.8 Å². The number of halogens is 1. The molecule has 1 aromatic rings. The Bertz CT molecular complexity index is 926. The van der Waals surface area contributed by atoms with Crippen molar-refractivity contribution < 1.29 is 14.6 Å². The Kier molecular flexibility index (Phi) is 7.66. The molecule has 3 aliphatic rings. The molecule has 2 fully saturated rings. The molecule has 6 heteroatoms. The maximum absolute atomic E-state index is 11.8. The van der Waals surface area contributed by atoms with Gasteiger partial charge >= 0.3 is 5.97 Å². The van der Waals surface area contributed by atoms with E-state index in [9.17, 15) is 9.90 Å². The van der Waals surface area contributed by atoms with Crippen LogP contribution in [0.3, 0.4) is 0 Å². The fourth-order valence-corrected chi connectivity index (χ4v) is 6.68. The molecule has 0 aromatic heterocycles. The number of piperazine rings is 1. The molecule has 1 saturated heterocycles. The first kappa shape index (κ1) is 25.5. The summed E-state index contributed by atoms with van der Waals surface area (Å²) in [7, 11) is 0. The van der Waals surface area contributed by atoms with Gasteiger partial charge in [-0.15, -0.1) is 0 Å². The van der Waals surface area contributed by atoms with Crippen molar-refractivity contribution in [3.63, 3.8) is 0 Å². The van der Waals surface area contributed by atoms with Gasteiger partial charge in [0.05, 0.1) is 5.60 Å². The van der Waals surface area contributed by atoms with Gasteiger partial charge in [0.15, 0.2) is 0 Å². The van der Waals surface area contributed by atoms with Crippen molar-refractivity contribution >= 4 is 23.3 Å². The number of nitrogens with zero attached hydrogens (tertiary/aromatic N) is 2. The lowest BCUT2D eigenvalue weighted by atomic mass is 9.57. The second kappa shape index (κ2) is 10.2. The quantitative estimate of drug-likeness (QED) is 0.462. The van der Waals surface area contributed by atoms with Crippen LogP contribution in [-0.2, 0) is 9.53 Å². The van der Waals surface area contributed by atoms with Gasteiger partial charge in [0, 0.05) is 62.7 Å². The van der Waals surface area contributed by atoms with Gasteiger partial charge in [-0.3, -0.25) is 9.69 Å². The van der Waals surface area contributed by atoms with Gasteiger partial charge in [-0.1, -0.05) is 37.6 Å². The average molecular weight is 489 g/mol. The molecule has 1 aromatic carbocycles. The highest BCUT2D eigenvalue weighted by Crippen LogP contribution is 2.51. The molecule has 5 nitrogen and oxygen atoms in total. The molecule has 1 heterocycles. The van der Waals surface area contributed by atoms with E-state index < -0.39 is 5.60 Å². The minimum Gasteiger partial charge on any atom is -0.458 e. The summed E-state index contributed by atoms with van der Waals surface area (Å²) in [6, 6.07) is 6.35. The Morgan fingerprint density at radius 2 is 1.94 bits per heavy atom. The van der Waals surface area contributed by atoms with Gasteiger partial charge in [0.25, 0.3) is 0 Å². The number of ether oxygens (including phenoxy) is 1. The summed E-state index contributed by atoms with van der Waals surface area (Å²) in [4.78, 5) is 16.6. The number of rotatable bonds is 5. The number of anilines is 1. The summed E-state index contributed by atoms with van der Waals surface area (Å²) in [5.74, 6) is 0.963. The number of benzene rings is 1. The van der Waals surface area contributed by atoms with Crippen molar-refractivity contribution in [3.05, 3.63) is 40.4 Å². The van der Waals surface area contributed by atoms with Crippen LogP contribution in [0.5, 0.6) is 0 Å². The topological polar surface area (TPSA) is 53.0 Å². The van der Waals surface area contributed by atoms with Gasteiger partial charge in [-0.2, -0.15) is 0 Å². The van der Waals surface area contributed by atoms with E-state index in [1.165, 1.54) is 12.6 Å². The number of carbonyl (C=O) groups is 1. The monoisotopic (exact) mass is 488 g/mol. The SMILES string of the molecule is CC(=O)O[C@@H]1C[C@@]2(O)[C@H](C)CC[C@@H](C(C)CN3CCN(c4ccc(C)c(Cl)c4)CC3)[C@H]2C=C1C. The maximum Gasteiger partial charge on any atom is 0.303 e. The van der Waals surface area contributed by atoms with E-state index in [1.54, 1.807) is 0 Å². The van der Waals surface area contributed by atoms with Crippen molar-refractivity contribution in [2.75, 3.05) is 37.6 Å². The molecule has 1 N–H and O–H groups in total. The number of carbonyl (C=O) groups excluding carboxylic acids is 1. The number of fused-ring (bicyclic) bond motifs is 1. The summed E-state index contributed by atoms with van der Waals surface area (Å²) >= 11 is 6.35. The zero-order valence-electron chi connectivity index (χ0n) is 21.4. The van der Waals surface area contributed by atoms with Crippen LogP contribution < -0.4 is 4.90 Å². The van der Waals surface area contributed by atoms with Gasteiger partial charge in [-0.05, 0) is 67.7 Å². The minimum atomic E-state index is -0.805. The van der Waals surface area contributed by atoms with Crippen LogP contribution >= 0.6 is 11.6 Å². The van der Waals surface area contributed by atoms with Crippen molar-refractivity contribution in [1.82, 2.24) is 4.90 Å². The van der Waals surface area contributed by atoms with Crippen molar-refractivity contribution in [2.45, 2.75) is 65.6 Å². The maximum atomic E-state index is 11.8. The average Bonchev–Trinajstić information content (AvgIpc) is 2.78. The van der Waals surface area contributed by atoms with Crippen LogP contribution in [0.1, 0.15) is 52.5 Å². The van der Waals surface area contributed by atoms with E-state index in [4.69, 9.17) is 16.3 Å². The first-order chi connectivity index (χ1) is 16.1. The molecule has 1 unspecified atom stereocenters. The molecule has 1 aliphatic heterocycles. The smallest absolute Gasteiger partial charge is 0.303 e. The predicted molar refractivity (Wildman–Crippen MR) is 138 cm³/mol. The standard InChI is InChI=1S/C28H41ClN2O3/c1-18-6-8-23(15-26(18)29)31-12-10-30(11-13-31)17-20(3)24-9-7-21(4)28(33)16-27(34-22(5)32)19(2)14-25(24)28/h6,8,14-15,20-21,24-25,27,33H,7,9-13,16-17H2,1-5H3/t20?,21-,24+,25-,27-,28-/m1/s1. The normalized spacial score (nSPS) is 33.1. The Balaban J connectivity index is 1.40. The second-order valence-corrected chi connectivity index (χ2v) is 11.5. The third kappa shape index (κ3) is 5.17. The van der Waals surface area contributed by atoms with Crippen LogP contribution in [-0.4, -0.2) is 60.4 Å². The lowest BCUT2D eigenvalue weighted by molar-refractivity contribution is -0.159. The third-order valence-corrected chi connectivity index (χ3v) is 9.17. The highest BCUT2D eigenvalue weighted by Gasteiger charge is 2.52. The molecular weight excluding hydrogens is 448 g/mol. The summed E-state index contributed by atoms with van der Waals surface area (Å²) < 4.78 is 5.56. The molecule has 2 aliphatic carbocycles. The summed E-state index contributed by atoms with van der Waals surface area (Å²) in [5.41, 5.74) is 2.60. The first-order valence-electron chi connectivity index (χ1n) is 12.9. The highest BCUT2D eigenvalue weighted by molar-refractivity contribution is 6.31. The molecule has 6 atom stereocenters. The van der Waals surface area contributed by atoms with E-state index in [0.717, 1.165) is 61.7 Å². The highest BCUT2D eigenvalue weighted by atomic mass is 35.5. The fraction of sp³-hybridized carbons (Fsp3) is 0.679. The largest absolute Gasteiger partial charge is 0.458 e. The lowest BCUT2D eigenvalue weighted by Gasteiger charge is -2.53. The van der Waals surface area contributed by atoms with E-state index >= 15 is 0 Å². The zero-order chi connectivity index (χ0) is 24.6. The van der Waals surface area contributed by atoms with Crippen molar-refractivity contribution in [1.29, 1.82) is 0 Å². The van der Waals surface area contributed by atoms with Crippen LogP contribution in [0.15, 0.2) is 29.8 Å². The number of hydrogen-bond donors (Lipinski definition) is 1. The zero-order valence-corrected chi connectivity index (χ0v) is 22.1. The van der Waals surface area contributed by atoms with Crippen molar-refractivity contribution in [3.8, 4) is 0 Å². The molecule has 0 radical (unpaired) electrons. The van der Waals surface area contributed by atoms with E-state index in [0.29, 0.717) is 18.3 Å². The minimum absolute atomic E-state index is 0.119. The Hall–Kier alpha value is -1.56. The molecule has 1 saturated carbocycles. The second-order valence-electron chi connectivity index (χ2n) is 11.1. The van der Waals surface area contributed by atoms with Gasteiger partial charge < -0.3 is 14.7 Å². The number of aliphatic hydroxyl groups is 1. The number of aryl methyl sites for hydroxylation is 1. The van der Waals surface area contributed by atoms with Gasteiger partial charge in [0.1, 0.15) is 6.10 Å². The molecule has 0 spiro atoms. The molecule has 4 rings (SSSR count). The summed E-state index contributed by atoms with van der Waals surface area (Å²) in [5, 5.41) is 12.7. The number of hydrogen-bond acceptors (Lipinski definition) is 5. The molecule has 0 amide bonds. The van der Waals surface area contributed by atoms with Gasteiger partial charge in [0.2, 0.25) is 0 Å². The Morgan fingerprint density at radius 1 is 1.24 bits per heavy atom. The van der Waals surface area contributed by atoms with Gasteiger partial charge in [-0.25, -0.2) is 0 Å². The molecule has 188 valence electrons. The van der Waals surface area contributed by atoms with Crippen LogP contribution in [0, 0.1) is 30.6 Å². The molecule has 0 bridgehead atoms. The Labute approximate surface area is 210 Å². The fourth-order valence-electron chi connectivity index (χ4n) is 6.51.